The predicted molar refractivity (Wildman–Crippen MR) is 177 cm³/mol. The standard InChI is InChI=1S/C34H40NO6PSSi/c1-23-29-28(24(2)41-44(6,7)34(3,4)5)32(36)35(29)30(33(37)40-43-27-21-15-10-16-22-27)31(23)39-42(38,25-17-11-8-12-18-25)26-19-13-9-14-20-26/h8-24,28-29H,1-7H3/t23-,24?,28-,29+/m1/s1. The molecule has 10 heteroatoms. The van der Waals surface area contributed by atoms with Gasteiger partial charge in [0.15, 0.2) is 14.0 Å². The molecule has 4 atom stereocenters. The molecule has 1 amide bonds. The van der Waals surface area contributed by atoms with Crippen LogP contribution < -0.4 is 10.6 Å². The summed E-state index contributed by atoms with van der Waals surface area (Å²) < 4.78 is 33.9. The normalized spacial score (nSPS) is 21.0. The van der Waals surface area contributed by atoms with Gasteiger partial charge in [0, 0.05) is 10.8 Å². The minimum atomic E-state index is -3.74. The Morgan fingerprint density at radius 2 is 1.41 bits per heavy atom. The van der Waals surface area contributed by atoms with Crippen molar-refractivity contribution in [2.75, 3.05) is 0 Å². The Balaban J connectivity index is 1.54. The molecule has 1 fully saturated rings. The number of amides is 1. The number of fused-ring (bicyclic) bond motifs is 1. The zero-order valence-corrected chi connectivity index (χ0v) is 28.9. The minimum Gasteiger partial charge on any atom is -0.439 e. The summed E-state index contributed by atoms with van der Waals surface area (Å²) in [5.74, 6) is -1.68. The Hall–Kier alpha value is -3.10. The van der Waals surface area contributed by atoms with Crippen LogP contribution in [0.5, 0.6) is 0 Å². The second kappa shape index (κ2) is 12.4. The van der Waals surface area contributed by atoms with Crippen molar-refractivity contribution >= 4 is 50.2 Å². The van der Waals surface area contributed by atoms with Gasteiger partial charge in [-0.2, -0.15) is 0 Å². The van der Waals surface area contributed by atoms with Gasteiger partial charge in [-0.25, -0.2) is 4.79 Å². The molecule has 0 spiro atoms. The fourth-order valence-corrected chi connectivity index (χ4v) is 9.69. The Morgan fingerprint density at radius 1 is 0.909 bits per heavy atom. The van der Waals surface area contributed by atoms with Crippen LogP contribution in [0, 0.1) is 11.8 Å². The highest BCUT2D eigenvalue weighted by Crippen LogP contribution is 2.55. The highest BCUT2D eigenvalue weighted by Gasteiger charge is 2.63. The van der Waals surface area contributed by atoms with E-state index in [-0.39, 0.29) is 28.5 Å². The monoisotopic (exact) mass is 649 g/mol. The Bertz CT molecular complexity index is 1550. The van der Waals surface area contributed by atoms with Crippen molar-refractivity contribution in [2.45, 2.75) is 69.8 Å². The van der Waals surface area contributed by atoms with E-state index >= 15 is 0 Å². The zero-order valence-electron chi connectivity index (χ0n) is 26.2. The fourth-order valence-electron chi connectivity index (χ4n) is 5.58. The molecule has 3 aromatic carbocycles. The second-order valence-electron chi connectivity index (χ2n) is 12.9. The summed E-state index contributed by atoms with van der Waals surface area (Å²) in [6.45, 7) is 14.7. The highest BCUT2D eigenvalue weighted by atomic mass is 32.2. The summed E-state index contributed by atoms with van der Waals surface area (Å²) in [7, 11) is -5.94. The topological polar surface area (TPSA) is 82.1 Å². The van der Waals surface area contributed by atoms with Crippen molar-refractivity contribution in [1.82, 2.24) is 4.90 Å². The van der Waals surface area contributed by atoms with Gasteiger partial charge in [-0.15, -0.1) is 0 Å². The predicted octanol–water partition coefficient (Wildman–Crippen LogP) is 7.28. The van der Waals surface area contributed by atoms with E-state index in [0.29, 0.717) is 10.6 Å². The fraction of sp³-hybridized carbons (Fsp3) is 0.353. The van der Waals surface area contributed by atoms with Crippen LogP contribution in [0.25, 0.3) is 0 Å². The van der Waals surface area contributed by atoms with Gasteiger partial charge in [-0.3, -0.25) is 14.3 Å². The molecular formula is C34H40NO6PSSi. The first-order valence-corrected chi connectivity index (χ1v) is 20.1. The molecule has 0 saturated carbocycles. The van der Waals surface area contributed by atoms with E-state index in [2.05, 4.69) is 33.9 Å². The first-order chi connectivity index (χ1) is 20.8. The summed E-state index contributed by atoms with van der Waals surface area (Å²) >= 11 is 0.910. The molecule has 1 unspecified atom stereocenters. The average Bonchev–Trinajstić information content (AvgIpc) is 3.23. The van der Waals surface area contributed by atoms with Gasteiger partial charge in [0.25, 0.3) is 0 Å². The third kappa shape index (κ3) is 5.95. The average molecular weight is 650 g/mol. The van der Waals surface area contributed by atoms with Crippen LogP contribution in [-0.2, 0) is 27.3 Å². The zero-order chi connectivity index (χ0) is 31.9. The van der Waals surface area contributed by atoms with Crippen LogP contribution in [0.2, 0.25) is 18.1 Å². The molecule has 44 heavy (non-hydrogen) atoms. The smallest absolute Gasteiger partial charge is 0.371 e. The lowest BCUT2D eigenvalue weighted by molar-refractivity contribution is -0.161. The summed E-state index contributed by atoms with van der Waals surface area (Å²) in [5.41, 5.74) is -0.00112. The first-order valence-electron chi connectivity index (χ1n) is 14.9. The molecule has 0 bridgehead atoms. The van der Waals surface area contributed by atoms with Crippen LogP contribution >= 0.6 is 19.4 Å². The van der Waals surface area contributed by atoms with Crippen LogP contribution in [0.15, 0.2) is 107 Å². The van der Waals surface area contributed by atoms with Gasteiger partial charge in [0.2, 0.25) is 5.91 Å². The van der Waals surface area contributed by atoms with Crippen molar-refractivity contribution in [1.29, 1.82) is 0 Å². The van der Waals surface area contributed by atoms with Crippen molar-refractivity contribution in [3.63, 3.8) is 0 Å². The number of benzene rings is 3. The summed E-state index contributed by atoms with van der Waals surface area (Å²) in [5, 5.41) is 0.941. The third-order valence-corrected chi connectivity index (χ3v) is 16.6. The van der Waals surface area contributed by atoms with E-state index < -0.39 is 39.5 Å². The van der Waals surface area contributed by atoms with E-state index in [4.69, 9.17) is 13.1 Å². The van der Waals surface area contributed by atoms with E-state index in [1.54, 1.807) is 48.5 Å². The maximum atomic E-state index is 15.0. The number of nitrogens with zero attached hydrogens (tertiary/aromatic N) is 1. The lowest BCUT2D eigenvalue weighted by atomic mass is 9.79. The number of hydrogen-bond acceptors (Lipinski definition) is 7. The SMILES string of the molecule is CC(O[Si](C)(C)C(C)(C)C)[C@H]1C(=O)N2C(C(=O)OSc3ccccc3)=C(OP(=O)(c3ccccc3)c3ccccc3)[C@H](C)[C@@H]12. The molecule has 3 aromatic rings. The van der Waals surface area contributed by atoms with Gasteiger partial charge < -0.3 is 13.1 Å². The van der Waals surface area contributed by atoms with Gasteiger partial charge in [-0.1, -0.05) is 82.3 Å². The molecule has 1 saturated heterocycles. The van der Waals surface area contributed by atoms with E-state index in [1.165, 1.54) is 4.90 Å². The molecule has 7 nitrogen and oxygen atoms in total. The van der Waals surface area contributed by atoms with E-state index in [9.17, 15) is 14.2 Å². The van der Waals surface area contributed by atoms with Crippen LogP contribution in [0.4, 0.5) is 0 Å². The van der Waals surface area contributed by atoms with Crippen molar-refractivity contribution in [2.24, 2.45) is 11.8 Å². The summed E-state index contributed by atoms with van der Waals surface area (Å²) in [4.78, 5) is 29.9. The number of hydrogen-bond donors (Lipinski definition) is 0. The highest BCUT2D eigenvalue weighted by molar-refractivity contribution is 7.95. The molecular weight excluding hydrogens is 610 g/mol. The van der Waals surface area contributed by atoms with Crippen molar-refractivity contribution in [3.05, 3.63) is 102 Å². The number of carbonyl (C=O) groups is 2. The van der Waals surface area contributed by atoms with Crippen LogP contribution in [0.3, 0.4) is 0 Å². The molecule has 2 heterocycles. The molecule has 0 aliphatic carbocycles. The maximum absolute atomic E-state index is 15.0. The van der Waals surface area contributed by atoms with Gasteiger partial charge in [0.1, 0.15) is 5.76 Å². The minimum absolute atomic E-state index is 0.00112. The van der Waals surface area contributed by atoms with Gasteiger partial charge in [0.05, 0.1) is 40.7 Å². The van der Waals surface area contributed by atoms with Gasteiger partial charge >= 0.3 is 13.3 Å². The largest absolute Gasteiger partial charge is 0.439 e. The Labute approximate surface area is 265 Å². The van der Waals surface area contributed by atoms with Crippen LogP contribution in [-0.4, -0.2) is 37.2 Å². The van der Waals surface area contributed by atoms with E-state index in [0.717, 1.165) is 16.9 Å². The molecule has 5 rings (SSSR count). The molecule has 2 aliphatic rings. The lowest BCUT2D eigenvalue weighted by Crippen LogP contribution is -2.65. The maximum Gasteiger partial charge on any atom is 0.371 e. The molecule has 0 radical (unpaired) electrons. The molecule has 0 N–H and O–H groups in total. The summed E-state index contributed by atoms with van der Waals surface area (Å²) in [6, 6.07) is 26.8. The second-order valence-corrected chi connectivity index (χ2v) is 20.8. The van der Waals surface area contributed by atoms with Gasteiger partial charge in [-0.05, 0) is 61.5 Å². The Morgan fingerprint density at radius 3 is 1.91 bits per heavy atom. The number of carbonyl (C=O) groups excluding carboxylic acids is 2. The van der Waals surface area contributed by atoms with E-state index in [1.807, 2.05) is 56.3 Å². The molecule has 2 aliphatic heterocycles. The Kier molecular flexibility index (Phi) is 9.07. The first kappa shape index (κ1) is 32.3. The number of β-lactam (4-membered cyclic amide) rings is 1. The molecule has 0 aromatic heterocycles. The lowest BCUT2D eigenvalue weighted by Gasteiger charge is -2.49. The molecule has 232 valence electrons. The summed E-state index contributed by atoms with van der Waals surface area (Å²) in [6.07, 6.45) is -0.377. The number of rotatable bonds is 10. The van der Waals surface area contributed by atoms with Crippen LogP contribution in [0.1, 0.15) is 34.6 Å². The van der Waals surface area contributed by atoms with Crippen molar-refractivity contribution in [3.8, 4) is 0 Å². The van der Waals surface area contributed by atoms with Crippen molar-refractivity contribution < 1.29 is 27.3 Å². The quantitative estimate of drug-likeness (QED) is 0.0988. The third-order valence-electron chi connectivity index (χ3n) is 8.95.